The highest BCUT2D eigenvalue weighted by atomic mass is 32.2. The number of para-hydroxylation sites is 1. The Balaban J connectivity index is 1.76. The third-order valence-electron chi connectivity index (χ3n) is 6.65. The van der Waals surface area contributed by atoms with Gasteiger partial charge < -0.3 is 4.90 Å². The highest BCUT2D eigenvalue weighted by Gasteiger charge is 2.47. The van der Waals surface area contributed by atoms with Crippen molar-refractivity contribution in [2.45, 2.75) is 73.3 Å². The quantitative estimate of drug-likeness (QED) is 0.284. The zero-order valence-corrected chi connectivity index (χ0v) is 22.0. The van der Waals surface area contributed by atoms with Gasteiger partial charge in [-0.2, -0.15) is 8.42 Å². The highest BCUT2D eigenvalue weighted by molar-refractivity contribution is 7.99. The van der Waals surface area contributed by atoms with E-state index in [1.807, 2.05) is 19.1 Å². The van der Waals surface area contributed by atoms with Gasteiger partial charge in [0.15, 0.2) is 10.6 Å². The second-order valence-electron chi connectivity index (χ2n) is 9.02. The van der Waals surface area contributed by atoms with Crippen molar-refractivity contribution in [1.29, 1.82) is 0 Å². The summed E-state index contributed by atoms with van der Waals surface area (Å²) in [5.74, 6) is 0.160. The van der Waals surface area contributed by atoms with Crippen molar-refractivity contribution in [3.05, 3.63) is 72.3 Å². The maximum Gasteiger partial charge on any atom is 0.278 e. The molecule has 0 amide bonds. The molecule has 1 aromatic heterocycles. The molecule has 1 unspecified atom stereocenters. The Hall–Kier alpha value is -2.42. The molecule has 0 spiro atoms. The number of benzene rings is 2. The first-order valence-electron chi connectivity index (χ1n) is 12.3. The van der Waals surface area contributed by atoms with E-state index in [4.69, 9.17) is 0 Å². The van der Waals surface area contributed by atoms with E-state index in [-0.39, 0.29) is 18.7 Å². The minimum absolute atomic E-state index is 0.160. The fraction of sp³-hybridized carbons (Fsp3) is 0.407. The Morgan fingerprint density at radius 1 is 0.914 bits per heavy atom. The van der Waals surface area contributed by atoms with E-state index in [2.05, 4.69) is 52.1 Å². The van der Waals surface area contributed by atoms with Crippen molar-refractivity contribution in [3.8, 4) is 0 Å². The average Bonchev–Trinajstić information content (AvgIpc) is 2.86. The fourth-order valence-corrected chi connectivity index (χ4v) is 6.83. The summed E-state index contributed by atoms with van der Waals surface area (Å²) in [6.45, 7) is 4.60. The van der Waals surface area contributed by atoms with Crippen LogP contribution in [0.1, 0.15) is 63.8 Å². The molecule has 6 nitrogen and oxygen atoms in total. The van der Waals surface area contributed by atoms with Crippen LogP contribution in [-0.4, -0.2) is 29.5 Å². The molecule has 1 aliphatic rings. The summed E-state index contributed by atoms with van der Waals surface area (Å²) in [4.78, 5) is 13.1. The van der Waals surface area contributed by atoms with Gasteiger partial charge in [-0.1, -0.05) is 63.1 Å². The lowest BCUT2D eigenvalue weighted by Gasteiger charge is -2.36. The van der Waals surface area contributed by atoms with E-state index < -0.39 is 14.9 Å². The molecule has 0 saturated heterocycles. The number of hydrogen-bond donors (Lipinski definition) is 1. The average molecular weight is 512 g/mol. The second-order valence-corrected chi connectivity index (χ2v) is 11.8. The molecule has 35 heavy (non-hydrogen) atoms. The summed E-state index contributed by atoms with van der Waals surface area (Å²) in [5.41, 5.74) is 3.40. The van der Waals surface area contributed by atoms with Crippen molar-refractivity contribution in [1.82, 2.24) is 9.97 Å². The monoisotopic (exact) mass is 511 g/mol. The molecule has 8 heteroatoms. The number of rotatable bonds is 11. The molecule has 186 valence electrons. The largest absolute Gasteiger partial charge is 0.340 e. The number of nitrogens with zero attached hydrogens (tertiary/aromatic N) is 3. The second kappa shape index (κ2) is 11.1. The van der Waals surface area contributed by atoms with Crippen LogP contribution < -0.4 is 4.90 Å². The van der Waals surface area contributed by atoms with Crippen LogP contribution >= 0.6 is 11.8 Å². The van der Waals surface area contributed by atoms with Crippen molar-refractivity contribution in [2.75, 3.05) is 11.4 Å². The third-order valence-corrected chi connectivity index (χ3v) is 9.36. The van der Waals surface area contributed by atoms with Crippen LogP contribution in [0.25, 0.3) is 0 Å². The SMILES string of the molecule is CCCCc1ccc2c(c1)N(CCC(CCCC)(c1ncccn1)S(=O)(=O)O)c1ccccc1S2. The summed E-state index contributed by atoms with van der Waals surface area (Å²) < 4.78 is 34.9. The predicted molar refractivity (Wildman–Crippen MR) is 142 cm³/mol. The molecule has 0 bridgehead atoms. The Bertz CT molecular complexity index is 1250. The van der Waals surface area contributed by atoms with Gasteiger partial charge in [0.05, 0.1) is 11.4 Å². The normalized spacial score (nSPS) is 14.8. The summed E-state index contributed by atoms with van der Waals surface area (Å²) >= 11 is 1.73. The van der Waals surface area contributed by atoms with Gasteiger partial charge in [-0.05, 0) is 61.6 Å². The summed E-state index contributed by atoms with van der Waals surface area (Å²) in [6.07, 6.45) is 8.22. The van der Waals surface area contributed by atoms with E-state index in [9.17, 15) is 13.0 Å². The van der Waals surface area contributed by atoms with Crippen LogP contribution in [0.2, 0.25) is 0 Å². The first-order chi connectivity index (χ1) is 16.9. The summed E-state index contributed by atoms with van der Waals surface area (Å²) in [5, 5.41) is 0. The zero-order valence-electron chi connectivity index (χ0n) is 20.4. The maximum absolute atomic E-state index is 12.9. The number of hydrogen-bond acceptors (Lipinski definition) is 6. The molecule has 2 aromatic carbocycles. The minimum atomic E-state index is -4.48. The van der Waals surface area contributed by atoms with E-state index in [0.29, 0.717) is 13.0 Å². The molecule has 3 aromatic rings. The van der Waals surface area contributed by atoms with Gasteiger partial charge in [-0.15, -0.1) is 0 Å². The molecular weight excluding hydrogens is 478 g/mol. The Morgan fingerprint density at radius 3 is 2.34 bits per heavy atom. The standard InChI is InChI=1S/C27H33N3O3S2/c1-3-5-10-21-13-14-25-23(20-21)30(22-11-7-8-12-24(22)34-25)19-16-27(15-6-4-2,35(31,32)33)26-28-17-9-18-29-26/h7-9,11-14,17-18,20H,3-6,10,15-16,19H2,1-2H3,(H,31,32,33). The molecule has 2 heterocycles. The molecule has 0 radical (unpaired) electrons. The number of aryl methyl sites for hydroxylation is 1. The van der Waals surface area contributed by atoms with Crippen molar-refractivity contribution in [3.63, 3.8) is 0 Å². The molecule has 1 aliphatic heterocycles. The lowest BCUT2D eigenvalue weighted by molar-refractivity contribution is 0.379. The Morgan fingerprint density at radius 2 is 1.63 bits per heavy atom. The smallest absolute Gasteiger partial charge is 0.278 e. The number of unbranched alkanes of at least 4 members (excludes halogenated alkanes) is 2. The van der Waals surface area contributed by atoms with E-state index in [1.165, 1.54) is 18.0 Å². The lowest BCUT2D eigenvalue weighted by atomic mass is 9.95. The van der Waals surface area contributed by atoms with E-state index in [0.717, 1.165) is 46.8 Å². The fourth-order valence-electron chi connectivity index (χ4n) is 4.66. The van der Waals surface area contributed by atoms with Crippen LogP contribution in [0.5, 0.6) is 0 Å². The van der Waals surface area contributed by atoms with Crippen molar-refractivity contribution < 1.29 is 13.0 Å². The van der Waals surface area contributed by atoms with Crippen LogP contribution in [0.4, 0.5) is 11.4 Å². The Kier molecular flexibility index (Phi) is 8.14. The molecule has 1 atom stereocenters. The summed E-state index contributed by atoms with van der Waals surface area (Å²) in [7, 11) is -4.48. The lowest BCUT2D eigenvalue weighted by Crippen LogP contribution is -2.40. The van der Waals surface area contributed by atoms with Gasteiger partial charge >= 0.3 is 0 Å². The molecule has 4 rings (SSSR count). The highest BCUT2D eigenvalue weighted by Crippen LogP contribution is 2.49. The molecule has 0 aliphatic carbocycles. The molecule has 1 N–H and O–H groups in total. The van der Waals surface area contributed by atoms with Gasteiger partial charge in [0.1, 0.15) is 0 Å². The van der Waals surface area contributed by atoms with Crippen LogP contribution in [0.3, 0.4) is 0 Å². The number of fused-ring (bicyclic) bond motifs is 2. The molecule has 0 saturated carbocycles. The maximum atomic E-state index is 12.9. The number of anilines is 2. The van der Waals surface area contributed by atoms with Crippen LogP contribution in [-0.2, 0) is 21.3 Å². The van der Waals surface area contributed by atoms with E-state index >= 15 is 0 Å². The van der Waals surface area contributed by atoms with E-state index in [1.54, 1.807) is 17.8 Å². The van der Waals surface area contributed by atoms with Crippen LogP contribution in [0.15, 0.2) is 70.7 Å². The predicted octanol–water partition coefficient (Wildman–Crippen LogP) is 6.79. The van der Waals surface area contributed by atoms with Gasteiger partial charge in [-0.25, -0.2) is 9.97 Å². The zero-order chi connectivity index (χ0) is 24.9. The van der Waals surface area contributed by atoms with Gasteiger partial charge in [0, 0.05) is 28.7 Å². The van der Waals surface area contributed by atoms with Gasteiger partial charge in [-0.3, -0.25) is 4.55 Å². The third kappa shape index (κ3) is 5.39. The van der Waals surface area contributed by atoms with Crippen molar-refractivity contribution >= 4 is 33.3 Å². The minimum Gasteiger partial charge on any atom is -0.340 e. The topological polar surface area (TPSA) is 83.4 Å². The molecular formula is C27H33N3O3S2. The first kappa shape index (κ1) is 25.7. The number of aromatic nitrogens is 2. The first-order valence-corrected chi connectivity index (χ1v) is 14.6. The van der Waals surface area contributed by atoms with Gasteiger partial charge in [0.25, 0.3) is 10.1 Å². The summed E-state index contributed by atoms with van der Waals surface area (Å²) in [6, 6.07) is 16.4. The van der Waals surface area contributed by atoms with Crippen molar-refractivity contribution in [2.24, 2.45) is 0 Å². The van der Waals surface area contributed by atoms with Crippen LogP contribution in [0, 0.1) is 0 Å². The molecule has 0 fully saturated rings. The Labute approximate surface area is 213 Å². The van der Waals surface area contributed by atoms with Gasteiger partial charge in [0.2, 0.25) is 0 Å².